The van der Waals surface area contributed by atoms with Gasteiger partial charge < -0.3 is 9.15 Å². The molecule has 0 saturated carbocycles. The first-order chi connectivity index (χ1) is 41.7. The van der Waals surface area contributed by atoms with Gasteiger partial charge in [0, 0.05) is 27.3 Å². The Kier molecular flexibility index (Phi) is 10.1. The number of rotatable bonds is 6. The normalized spacial score (nSPS) is 12.1. The number of benzene rings is 16. The molecule has 16 aromatic carbocycles. The maximum Gasteiger partial charge on any atom is 0.136 e. The third-order valence-electron chi connectivity index (χ3n) is 18.0. The predicted molar refractivity (Wildman–Crippen MR) is 354 cm³/mol. The molecule has 0 N–H and O–H groups in total. The van der Waals surface area contributed by atoms with Crippen LogP contribution in [0.4, 0.5) is 0 Å². The Balaban J connectivity index is 0.781. The lowest BCUT2D eigenvalue weighted by Crippen LogP contribution is -1.98. The topological polar surface area (TPSA) is 22.4 Å². The smallest absolute Gasteiger partial charge is 0.136 e. The lowest BCUT2D eigenvalue weighted by molar-refractivity contribution is 0.487. The van der Waals surface area contributed by atoms with Crippen LogP contribution in [0.15, 0.2) is 296 Å². The number of fused-ring (bicyclic) bond motifs is 12. The number of hydrogen-bond acceptors (Lipinski definition) is 2. The van der Waals surface area contributed by atoms with Crippen molar-refractivity contribution >= 4 is 97.3 Å². The van der Waals surface area contributed by atoms with E-state index in [1.54, 1.807) is 0 Å². The van der Waals surface area contributed by atoms with E-state index < -0.39 is 0 Å². The molecule has 84 heavy (non-hydrogen) atoms. The lowest BCUT2D eigenvalue weighted by Gasteiger charge is -2.23. The minimum Gasteiger partial charge on any atom is -0.456 e. The fourth-order valence-corrected chi connectivity index (χ4v) is 14.5. The molecule has 2 nitrogen and oxygen atoms in total. The fourth-order valence-electron chi connectivity index (χ4n) is 14.5. The van der Waals surface area contributed by atoms with E-state index in [2.05, 4.69) is 291 Å². The van der Waals surface area contributed by atoms with E-state index in [4.69, 9.17) is 9.15 Å². The maximum absolute atomic E-state index is 7.12. The van der Waals surface area contributed by atoms with Gasteiger partial charge in [-0.25, -0.2) is 0 Å². The highest BCUT2D eigenvalue weighted by atomic mass is 16.5. The van der Waals surface area contributed by atoms with Crippen molar-refractivity contribution in [2.75, 3.05) is 0 Å². The third-order valence-corrected chi connectivity index (χ3v) is 18.0. The third kappa shape index (κ3) is 6.86. The molecule has 0 atom stereocenters. The second kappa shape index (κ2) is 18.2. The second-order valence-electron chi connectivity index (χ2n) is 22.4. The van der Waals surface area contributed by atoms with Crippen molar-refractivity contribution in [3.8, 4) is 89.4 Å². The molecule has 18 rings (SSSR count). The molecule has 1 aliphatic rings. The van der Waals surface area contributed by atoms with Gasteiger partial charge in [0.25, 0.3) is 0 Å². The average molecular weight is 1070 g/mol. The van der Waals surface area contributed by atoms with Gasteiger partial charge in [0.05, 0.1) is 0 Å². The molecule has 0 amide bonds. The molecule has 0 radical (unpaired) electrons. The quantitative estimate of drug-likeness (QED) is 0.155. The molecule has 0 spiro atoms. The van der Waals surface area contributed by atoms with E-state index in [1.165, 1.54) is 120 Å². The van der Waals surface area contributed by atoms with E-state index in [-0.39, 0.29) is 0 Å². The van der Waals surface area contributed by atoms with Gasteiger partial charge in [0.2, 0.25) is 0 Å². The summed E-state index contributed by atoms with van der Waals surface area (Å²) < 4.78 is 14.2. The largest absolute Gasteiger partial charge is 0.456 e. The highest BCUT2D eigenvalue weighted by Gasteiger charge is 2.27. The first-order valence-electron chi connectivity index (χ1n) is 29.0. The van der Waals surface area contributed by atoms with Gasteiger partial charge in [-0.3, -0.25) is 0 Å². The molecule has 0 aliphatic carbocycles. The van der Waals surface area contributed by atoms with Crippen molar-refractivity contribution in [2.24, 2.45) is 0 Å². The van der Waals surface area contributed by atoms with Crippen LogP contribution in [-0.4, -0.2) is 0 Å². The Hall–Kier alpha value is -11.1. The summed E-state index contributed by atoms with van der Waals surface area (Å²) in [5.41, 5.74) is 18.2. The zero-order valence-electron chi connectivity index (χ0n) is 45.5. The minimum atomic E-state index is 0.825. The SMILES string of the molecule is c1ccc(-c2c3ccccc3c(-c3ccc4c(c3)Oc3cccc5c3c-4cc3oc4cc(-c6c7ccccc7c(-c7ccccc7-c7cccc8ccccc78)c7ccccc67)ccc4c35)c3ccccc23)c(-c2cccc3ccccc23)c1. The second-order valence-corrected chi connectivity index (χ2v) is 22.4. The van der Waals surface area contributed by atoms with Crippen molar-refractivity contribution in [2.45, 2.75) is 0 Å². The van der Waals surface area contributed by atoms with Gasteiger partial charge in [-0.2, -0.15) is 0 Å². The van der Waals surface area contributed by atoms with Gasteiger partial charge >= 0.3 is 0 Å². The Labute approximate surface area is 484 Å². The summed E-state index contributed by atoms with van der Waals surface area (Å²) in [5.74, 6) is 1.67. The summed E-state index contributed by atoms with van der Waals surface area (Å²) >= 11 is 0. The van der Waals surface area contributed by atoms with Crippen molar-refractivity contribution in [1.29, 1.82) is 0 Å². The molecule has 0 bridgehead atoms. The number of hydrogen-bond donors (Lipinski definition) is 0. The van der Waals surface area contributed by atoms with Crippen LogP contribution in [0.3, 0.4) is 0 Å². The summed E-state index contributed by atoms with van der Waals surface area (Å²) in [6, 6.07) is 107. The van der Waals surface area contributed by atoms with Crippen LogP contribution in [0.5, 0.6) is 11.5 Å². The van der Waals surface area contributed by atoms with Crippen molar-refractivity contribution in [1.82, 2.24) is 0 Å². The van der Waals surface area contributed by atoms with Crippen LogP contribution in [0.1, 0.15) is 0 Å². The maximum atomic E-state index is 7.12. The van der Waals surface area contributed by atoms with Crippen LogP contribution < -0.4 is 4.74 Å². The molecule has 0 saturated heterocycles. The van der Waals surface area contributed by atoms with Crippen molar-refractivity contribution < 1.29 is 9.15 Å². The van der Waals surface area contributed by atoms with Gasteiger partial charge in [-0.1, -0.05) is 255 Å². The highest BCUT2D eigenvalue weighted by Crippen LogP contribution is 2.54. The van der Waals surface area contributed by atoms with E-state index >= 15 is 0 Å². The van der Waals surface area contributed by atoms with Crippen molar-refractivity contribution in [3.63, 3.8) is 0 Å². The summed E-state index contributed by atoms with van der Waals surface area (Å²) in [6.07, 6.45) is 0. The van der Waals surface area contributed by atoms with Crippen LogP contribution in [0.2, 0.25) is 0 Å². The molecule has 1 aliphatic heterocycles. The summed E-state index contributed by atoms with van der Waals surface area (Å²) in [4.78, 5) is 0. The van der Waals surface area contributed by atoms with Gasteiger partial charge in [-0.05, 0) is 173 Å². The van der Waals surface area contributed by atoms with E-state index in [0.29, 0.717) is 0 Å². The minimum absolute atomic E-state index is 0.825. The van der Waals surface area contributed by atoms with Crippen molar-refractivity contribution in [3.05, 3.63) is 291 Å². The summed E-state index contributed by atoms with van der Waals surface area (Å²) in [7, 11) is 0. The molecule has 0 fully saturated rings. The van der Waals surface area contributed by atoms with Crippen LogP contribution in [0, 0.1) is 0 Å². The van der Waals surface area contributed by atoms with E-state index in [9.17, 15) is 0 Å². The van der Waals surface area contributed by atoms with Crippen LogP contribution in [-0.2, 0) is 0 Å². The monoisotopic (exact) mass is 1060 g/mol. The standard InChI is InChI=1S/C82H48O2/c1-3-24-53-49(20-1)22-17-38-55(53)57-26-5-7-28-60(57)79-66-34-13-9-30-62(66)77(63-31-10-14-35-67(63)79)51-42-44-59-72-48-76-81(71-40-19-41-73(82(71)72)83-74(59)46-51)70-45-43-52(47-75(70)84-76)78-64-32-11-15-36-68(64)80(69-37-16-12-33-65(69)78)61-29-8-6-27-58(61)56-39-18-23-50-21-2-4-25-54(50)56/h1-48H. The molecular formula is C82H48O2. The molecule has 2 heterocycles. The van der Waals surface area contributed by atoms with E-state index in [0.717, 1.165) is 66.5 Å². The molecule has 1 aromatic heterocycles. The first kappa shape index (κ1) is 46.7. The van der Waals surface area contributed by atoms with Crippen LogP contribution in [0.25, 0.3) is 175 Å². The number of furan rings is 1. The summed E-state index contributed by atoms with van der Waals surface area (Å²) in [5, 5.41) is 19.0. The molecule has 0 unspecified atom stereocenters. The average Bonchev–Trinajstić information content (AvgIpc) is 1.56. The molecule has 17 aromatic rings. The Bertz CT molecular complexity index is 5540. The first-order valence-corrected chi connectivity index (χ1v) is 29.0. The van der Waals surface area contributed by atoms with Gasteiger partial charge in [-0.15, -0.1) is 0 Å². The predicted octanol–water partition coefficient (Wildman–Crippen LogP) is 23.4. The Morgan fingerprint density at radius 1 is 0.190 bits per heavy atom. The number of ether oxygens (including phenoxy) is 1. The fraction of sp³-hybridized carbons (Fsp3) is 0. The van der Waals surface area contributed by atoms with E-state index in [1.807, 2.05) is 0 Å². The van der Waals surface area contributed by atoms with Gasteiger partial charge in [0.1, 0.15) is 22.7 Å². The Morgan fingerprint density at radius 3 is 1.11 bits per heavy atom. The zero-order valence-corrected chi connectivity index (χ0v) is 45.5. The highest BCUT2D eigenvalue weighted by molar-refractivity contribution is 6.27. The zero-order chi connectivity index (χ0) is 55.0. The Morgan fingerprint density at radius 2 is 0.583 bits per heavy atom. The molecule has 388 valence electrons. The van der Waals surface area contributed by atoms with Crippen LogP contribution >= 0.6 is 0 Å². The van der Waals surface area contributed by atoms with Gasteiger partial charge in [0.15, 0.2) is 0 Å². The molecule has 2 heteroatoms. The molecular weight excluding hydrogens is 1020 g/mol. The lowest BCUT2D eigenvalue weighted by atomic mass is 9.83. The summed E-state index contributed by atoms with van der Waals surface area (Å²) in [6.45, 7) is 0.